The predicted molar refractivity (Wildman–Crippen MR) is 68.9 cm³/mol. The fourth-order valence-electron chi connectivity index (χ4n) is 2.45. The SMILES string of the molecule is CCN1CCn2c1nc1ccc(C(F)(F)F)cc1c2=O. The first-order valence-corrected chi connectivity index (χ1v) is 6.28. The molecule has 0 atom stereocenters. The molecule has 0 radical (unpaired) electrons. The number of halogens is 3. The van der Waals surface area contributed by atoms with Crippen LogP contribution in [0.5, 0.6) is 0 Å². The number of anilines is 1. The topological polar surface area (TPSA) is 38.1 Å². The van der Waals surface area contributed by atoms with Gasteiger partial charge in [0.05, 0.1) is 16.5 Å². The Morgan fingerprint density at radius 3 is 2.70 bits per heavy atom. The Balaban J connectivity index is 2.27. The molecule has 0 fully saturated rings. The maximum Gasteiger partial charge on any atom is 0.416 e. The summed E-state index contributed by atoms with van der Waals surface area (Å²) in [5.41, 5.74) is -0.934. The highest BCUT2D eigenvalue weighted by molar-refractivity contribution is 5.80. The fraction of sp³-hybridized carbons (Fsp3) is 0.385. The van der Waals surface area contributed by atoms with Gasteiger partial charge in [0.25, 0.3) is 5.56 Å². The molecule has 20 heavy (non-hydrogen) atoms. The first kappa shape index (κ1) is 13.0. The molecular weight excluding hydrogens is 271 g/mol. The zero-order chi connectivity index (χ0) is 14.5. The van der Waals surface area contributed by atoms with Gasteiger partial charge in [0.1, 0.15) is 0 Å². The van der Waals surface area contributed by atoms with E-state index < -0.39 is 17.3 Å². The Morgan fingerprint density at radius 1 is 1.30 bits per heavy atom. The van der Waals surface area contributed by atoms with Crippen molar-refractivity contribution in [2.45, 2.75) is 19.6 Å². The van der Waals surface area contributed by atoms with E-state index in [-0.39, 0.29) is 5.39 Å². The second-order valence-electron chi connectivity index (χ2n) is 4.68. The van der Waals surface area contributed by atoms with Crippen LogP contribution in [-0.2, 0) is 12.7 Å². The molecule has 0 saturated carbocycles. The standard InChI is InChI=1S/C13H12F3N3O/c1-2-18-5-6-19-11(20)9-7-8(13(14,15)16)3-4-10(9)17-12(18)19/h3-4,7H,2,5-6H2,1H3. The zero-order valence-electron chi connectivity index (χ0n) is 10.7. The average Bonchev–Trinajstić information content (AvgIpc) is 2.80. The van der Waals surface area contributed by atoms with E-state index >= 15 is 0 Å². The van der Waals surface area contributed by atoms with Crippen molar-refractivity contribution in [2.24, 2.45) is 0 Å². The molecule has 0 bridgehead atoms. The minimum atomic E-state index is -4.46. The van der Waals surface area contributed by atoms with Gasteiger partial charge in [0.2, 0.25) is 5.95 Å². The largest absolute Gasteiger partial charge is 0.416 e. The molecule has 1 aromatic carbocycles. The minimum absolute atomic E-state index is 0.0153. The number of fused-ring (bicyclic) bond motifs is 2. The Morgan fingerprint density at radius 2 is 2.05 bits per heavy atom. The monoisotopic (exact) mass is 283 g/mol. The van der Waals surface area contributed by atoms with Crippen molar-refractivity contribution in [1.82, 2.24) is 9.55 Å². The lowest BCUT2D eigenvalue weighted by Gasteiger charge is -2.14. The number of alkyl halides is 3. The maximum atomic E-state index is 12.7. The zero-order valence-corrected chi connectivity index (χ0v) is 10.7. The van der Waals surface area contributed by atoms with E-state index in [2.05, 4.69) is 4.98 Å². The third kappa shape index (κ3) is 1.85. The van der Waals surface area contributed by atoms with Crippen molar-refractivity contribution < 1.29 is 13.2 Å². The summed E-state index contributed by atoms with van der Waals surface area (Å²) in [6.45, 7) is 3.76. The van der Waals surface area contributed by atoms with Crippen LogP contribution in [0.1, 0.15) is 12.5 Å². The maximum absolute atomic E-state index is 12.7. The van der Waals surface area contributed by atoms with Gasteiger partial charge in [-0.1, -0.05) is 0 Å². The summed E-state index contributed by atoms with van der Waals surface area (Å²) in [5, 5.41) is 0.0153. The number of hydrogen-bond donors (Lipinski definition) is 0. The van der Waals surface area contributed by atoms with Crippen molar-refractivity contribution in [3.05, 3.63) is 34.1 Å². The summed E-state index contributed by atoms with van der Waals surface area (Å²) in [6.07, 6.45) is -4.46. The van der Waals surface area contributed by atoms with Gasteiger partial charge >= 0.3 is 6.18 Å². The van der Waals surface area contributed by atoms with Crippen LogP contribution >= 0.6 is 0 Å². The molecule has 1 aromatic heterocycles. The van der Waals surface area contributed by atoms with Gasteiger partial charge in [-0.15, -0.1) is 0 Å². The van der Waals surface area contributed by atoms with Crippen LogP contribution in [0.25, 0.3) is 10.9 Å². The van der Waals surface area contributed by atoms with E-state index in [9.17, 15) is 18.0 Å². The summed E-state index contributed by atoms with van der Waals surface area (Å²) >= 11 is 0. The molecule has 106 valence electrons. The van der Waals surface area contributed by atoms with Crippen molar-refractivity contribution in [1.29, 1.82) is 0 Å². The van der Waals surface area contributed by atoms with Gasteiger partial charge in [-0.3, -0.25) is 9.36 Å². The molecule has 2 aromatic rings. The van der Waals surface area contributed by atoms with E-state index in [1.807, 2.05) is 11.8 Å². The van der Waals surface area contributed by atoms with Crippen LogP contribution < -0.4 is 10.5 Å². The van der Waals surface area contributed by atoms with E-state index in [4.69, 9.17) is 0 Å². The Labute approximate surface area is 112 Å². The highest BCUT2D eigenvalue weighted by atomic mass is 19.4. The van der Waals surface area contributed by atoms with Gasteiger partial charge in [-0.05, 0) is 25.1 Å². The van der Waals surface area contributed by atoms with E-state index in [0.717, 1.165) is 12.1 Å². The molecular formula is C13H12F3N3O. The van der Waals surface area contributed by atoms with Gasteiger partial charge < -0.3 is 4.90 Å². The molecule has 1 aliphatic heterocycles. The summed E-state index contributed by atoms with van der Waals surface area (Å²) < 4.78 is 39.5. The van der Waals surface area contributed by atoms with Crippen LogP contribution in [0, 0.1) is 0 Å². The lowest BCUT2D eigenvalue weighted by Crippen LogP contribution is -2.23. The molecule has 0 aliphatic carbocycles. The number of benzene rings is 1. The summed E-state index contributed by atoms with van der Waals surface area (Å²) in [4.78, 5) is 18.5. The molecule has 7 heteroatoms. The van der Waals surface area contributed by atoms with Crippen LogP contribution in [0.3, 0.4) is 0 Å². The highest BCUT2D eigenvalue weighted by Gasteiger charge is 2.31. The second-order valence-corrected chi connectivity index (χ2v) is 4.68. The quantitative estimate of drug-likeness (QED) is 0.805. The second kappa shape index (κ2) is 4.22. The molecule has 0 amide bonds. The minimum Gasteiger partial charge on any atom is -0.341 e. The number of rotatable bonds is 1. The summed E-state index contributed by atoms with van der Waals surface area (Å²) in [6, 6.07) is 3.09. The summed E-state index contributed by atoms with van der Waals surface area (Å²) in [7, 11) is 0. The van der Waals surface area contributed by atoms with Gasteiger partial charge in [0, 0.05) is 19.6 Å². The molecule has 0 unspecified atom stereocenters. The fourth-order valence-corrected chi connectivity index (χ4v) is 2.45. The average molecular weight is 283 g/mol. The summed E-state index contributed by atoms with van der Waals surface area (Å²) in [5.74, 6) is 0.532. The van der Waals surface area contributed by atoms with Crippen molar-refractivity contribution in [3.8, 4) is 0 Å². The van der Waals surface area contributed by atoms with Gasteiger partial charge in [-0.2, -0.15) is 13.2 Å². The lowest BCUT2D eigenvalue weighted by atomic mass is 10.1. The van der Waals surface area contributed by atoms with Crippen molar-refractivity contribution >= 4 is 16.9 Å². The third-order valence-electron chi connectivity index (χ3n) is 3.52. The van der Waals surface area contributed by atoms with Crippen LogP contribution in [0.4, 0.5) is 19.1 Å². The Kier molecular flexibility index (Phi) is 2.74. The molecule has 3 rings (SSSR count). The predicted octanol–water partition coefficient (Wildman–Crippen LogP) is 2.26. The molecule has 1 aliphatic rings. The molecule has 0 N–H and O–H groups in total. The van der Waals surface area contributed by atoms with Gasteiger partial charge in [0.15, 0.2) is 0 Å². The van der Waals surface area contributed by atoms with E-state index in [1.165, 1.54) is 10.6 Å². The number of likely N-dealkylation sites (N-methyl/N-ethyl adjacent to an activating group) is 1. The lowest BCUT2D eigenvalue weighted by molar-refractivity contribution is -0.137. The molecule has 4 nitrogen and oxygen atoms in total. The number of aromatic nitrogens is 2. The van der Waals surface area contributed by atoms with Crippen LogP contribution in [0.15, 0.2) is 23.0 Å². The number of nitrogens with zero attached hydrogens (tertiary/aromatic N) is 3. The van der Waals surface area contributed by atoms with Crippen molar-refractivity contribution in [2.75, 3.05) is 18.0 Å². The first-order chi connectivity index (χ1) is 9.41. The molecule has 0 spiro atoms. The normalized spacial score (nSPS) is 14.9. The van der Waals surface area contributed by atoms with Gasteiger partial charge in [-0.25, -0.2) is 4.98 Å². The third-order valence-corrected chi connectivity index (χ3v) is 3.52. The van der Waals surface area contributed by atoms with Crippen molar-refractivity contribution in [3.63, 3.8) is 0 Å². The van der Waals surface area contributed by atoms with Crippen LogP contribution in [0.2, 0.25) is 0 Å². The van der Waals surface area contributed by atoms with E-state index in [0.29, 0.717) is 31.1 Å². The van der Waals surface area contributed by atoms with Crippen LogP contribution in [-0.4, -0.2) is 22.6 Å². The molecule has 2 heterocycles. The first-order valence-electron chi connectivity index (χ1n) is 6.28. The Bertz CT molecular complexity index is 736. The highest BCUT2D eigenvalue weighted by Crippen LogP contribution is 2.31. The van der Waals surface area contributed by atoms with E-state index in [1.54, 1.807) is 0 Å². The Hall–Kier alpha value is -2.05. The molecule has 0 saturated heterocycles. The number of hydrogen-bond acceptors (Lipinski definition) is 3. The smallest absolute Gasteiger partial charge is 0.341 e.